The molecule has 116 valence electrons. The van der Waals surface area contributed by atoms with Crippen LogP contribution < -0.4 is 5.32 Å². The summed E-state index contributed by atoms with van der Waals surface area (Å²) in [6, 6.07) is 0. The number of hydrogen-bond donors (Lipinski definition) is 1. The summed E-state index contributed by atoms with van der Waals surface area (Å²) in [4.78, 5) is 2.36. The molecule has 0 amide bonds. The smallest absolute Gasteiger partial charge is 0.0589 e. The first kappa shape index (κ1) is 18.8. The second kappa shape index (κ2) is 15.9. The van der Waals surface area contributed by atoms with Crippen molar-refractivity contribution in [1.29, 1.82) is 0 Å². The van der Waals surface area contributed by atoms with E-state index in [1.807, 2.05) is 6.92 Å². The van der Waals surface area contributed by atoms with Gasteiger partial charge in [-0.2, -0.15) is 0 Å². The van der Waals surface area contributed by atoms with Crippen molar-refractivity contribution in [3.8, 4) is 0 Å². The molecule has 0 aliphatic heterocycles. The summed E-state index contributed by atoms with van der Waals surface area (Å²) >= 11 is 0. The Balaban J connectivity index is 3.40. The molecule has 0 aliphatic rings. The zero-order valence-electron chi connectivity index (χ0n) is 13.0. The fourth-order valence-corrected chi connectivity index (χ4v) is 1.74. The van der Waals surface area contributed by atoms with Crippen molar-refractivity contribution in [2.24, 2.45) is 0 Å². The summed E-state index contributed by atoms with van der Waals surface area (Å²) in [6.45, 7) is 10.3. The third-order valence-electron chi connectivity index (χ3n) is 2.92. The van der Waals surface area contributed by atoms with Crippen molar-refractivity contribution in [1.82, 2.24) is 10.2 Å². The highest BCUT2D eigenvalue weighted by Gasteiger charge is 2.03. The Hall–Kier alpha value is -0.200. The van der Waals surface area contributed by atoms with E-state index in [0.717, 1.165) is 65.6 Å². The van der Waals surface area contributed by atoms with Crippen molar-refractivity contribution in [2.45, 2.75) is 19.8 Å². The van der Waals surface area contributed by atoms with Gasteiger partial charge in [-0.05, 0) is 26.3 Å². The molecule has 0 saturated heterocycles. The van der Waals surface area contributed by atoms with Crippen LogP contribution in [0.3, 0.4) is 0 Å². The van der Waals surface area contributed by atoms with Gasteiger partial charge in [0.1, 0.15) is 0 Å². The van der Waals surface area contributed by atoms with Crippen LogP contribution in [-0.4, -0.2) is 78.3 Å². The Morgan fingerprint density at radius 2 is 1.53 bits per heavy atom. The van der Waals surface area contributed by atoms with E-state index in [2.05, 4.69) is 10.2 Å². The Morgan fingerprint density at radius 1 is 0.842 bits per heavy atom. The minimum Gasteiger partial charge on any atom is -0.383 e. The SMILES string of the molecule is CCOCCCCNCCN(CCOC)CCOC. The van der Waals surface area contributed by atoms with Crippen LogP contribution in [0.5, 0.6) is 0 Å². The molecule has 0 aliphatic carbocycles. The van der Waals surface area contributed by atoms with Gasteiger partial charge in [0.25, 0.3) is 0 Å². The minimum absolute atomic E-state index is 0.776. The van der Waals surface area contributed by atoms with E-state index in [1.165, 1.54) is 6.42 Å². The molecule has 0 atom stereocenters. The lowest BCUT2D eigenvalue weighted by Crippen LogP contribution is -2.36. The van der Waals surface area contributed by atoms with E-state index in [9.17, 15) is 0 Å². The summed E-state index contributed by atoms with van der Waals surface area (Å²) < 4.78 is 15.5. The number of nitrogens with one attached hydrogen (secondary N) is 1. The lowest BCUT2D eigenvalue weighted by Gasteiger charge is -2.21. The Bertz CT molecular complexity index is 163. The van der Waals surface area contributed by atoms with Gasteiger partial charge in [0.05, 0.1) is 13.2 Å². The molecule has 0 aromatic carbocycles. The van der Waals surface area contributed by atoms with E-state index in [4.69, 9.17) is 14.2 Å². The minimum atomic E-state index is 0.776. The molecule has 0 saturated carbocycles. The second-order valence-corrected chi connectivity index (χ2v) is 4.48. The number of unbranched alkanes of at least 4 members (excludes halogenated alkanes) is 1. The van der Waals surface area contributed by atoms with Gasteiger partial charge in [-0.3, -0.25) is 4.90 Å². The van der Waals surface area contributed by atoms with Crippen LogP contribution in [0.1, 0.15) is 19.8 Å². The van der Waals surface area contributed by atoms with E-state index >= 15 is 0 Å². The van der Waals surface area contributed by atoms with Crippen LogP contribution in [0.2, 0.25) is 0 Å². The van der Waals surface area contributed by atoms with E-state index < -0.39 is 0 Å². The monoisotopic (exact) mass is 276 g/mol. The van der Waals surface area contributed by atoms with Gasteiger partial charge < -0.3 is 19.5 Å². The molecule has 0 unspecified atom stereocenters. The van der Waals surface area contributed by atoms with E-state index in [0.29, 0.717) is 0 Å². The molecule has 0 spiro atoms. The van der Waals surface area contributed by atoms with Crippen molar-refractivity contribution in [2.75, 3.05) is 73.4 Å². The van der Waals surface area contributed by atoms with Crippen LogP contribution >= 0.6 is 0 Å². The lowest BCUT2D eigenvalue weighted by molar-refractivity contribution is 0.114. The van der Waals surface area contributed by atoms with Crippen LogP contribution in [-0.2, 0) is 14.2 Å². The van der Waals surface area contributed by atoms with Crippen LogP contribution in [0.4, 0.5) is 0 Å². The molecule has 0 radical (unpaired) electrons. The molecule has 5 nitrogen and oxygen atoms in total. The van der Waals surface area contributed by atoms with Crippen LogP contribution in [0.25, 0.3) is 0 Å². The summed E-state index contributed by atoms with van der Waals surface area (Å²) in [5.74, 6) is 0. The highest BCUT2D eigenvalue weighted by Crippen LogP contribution is 1.90. The quantitative estimate of drug-likeness (QED) is 0.452. The predicted octanol–water partition coefficient (Wildman–Crippen LogP) is 0.988. The van der Waals surface area contributed by atoms with Gasteiger partial charge in [-0.25, -0.2) is 0 Å². The summed E-state index contributed by atoms with van der Waals surface area (Å²) in [7, 11) is 3.48. The highest BCUT2D eigenvalue weighted by molar-refractivity contribution is 4.59. The van der Waals surface area contributed by atoms with Crippen LogP contribution in [0, 0.1) is 0 Å². The zero-order chi connectivity index (χ0) is 14.2. The van der Waals surface area contributed by atoms with Gasteiger partial charge in [0.15, 0.2) is 0 Å². The Morgan fingerprint density at radius 3 is 2.11 bits per heavy atom. The molecule has 0 aromatic rings. The second-order valence-electron chi connectivity index (χ2n) is 4.48. The van der Waals surface area contributed by atoms with Gasteiger partial charge in [0.2, 0.25) is 0 Å². The van der Waals surface area contributed by atoms with Gasteiger partial charge in [0, 0.05) is 53.6 Å². The van der Waals surface area contributed by atoms with Crippen molar-refractivity contribution >= 4 is 0 Å². The average Bonchev–Trinajstić information content (AvgIpc) is 2.43. The summed E-state index contributed by atoms with van der Waals surface area (Å²) in [5.41, 5.74) is 0. The average molecular weight is 276 g/mol. The van der Waals surface area contributed by atoms with Crippen molar-refractivity contribution in [3.63, 3.8) is 0 Å². The topological polar surface area (TPSA) is 43.0 Å². The molecular weight excluding hydrogens is 244 g/mol. The molecule has 0 aromatic heterocycles. The molecule has 5 heteroatoms. The molecule has 0 rings (SSSR count). The van der Waals surface area contributed by atoms with Crippen LogP contribution in [0.15, 0.2) is 0 Å². The standard InChI is InChI=1S/C14H32N2O3/c1-4-19-12-6-5-7-15-8-9-16(10-13-17-2)11-14-18-3/h15H,4-14H2,1-3H3. The number of rotatable bonds is 15. The normalized spacial score (nSPS) is 11.4. The van der Waals surface area contributed by atoms with Gasteiger partial charge in [-0.15, -0.1) is 0 Å². The molecule has 0 heterocycles. The predicted molar refractivity (Wildman–Crippen MR) is 78.8 cm³/mol. The van der Waals surface area contributed by atoms with Gasteiger partial charge in [-0.1, -0.05) is 0 Å². The number of nitrogens with zero attached hydrogens (tertiary/aromatic N) is 1. The number of ether oxygens (including phenoxy) is 3. The molecule has 0 fully saturated rings. The number of methoxy groups -OCH3 is 2. The first-order valence-corrected chi connectivity index (χ1v) is 7.33. The maximum Gasteiger partial charge on any atom is 0.0589 e. The molecular formula is C14H32N2O3. The maximum atomic E-state index is 5.30. The maximum absolute atomic E-state index is 5.30. The summed E-state index contributed by atoms with van der Waals surface area (Å²) in [5, 5.41) is 3.47. The molecule has 19 heavy (non-hydrogen) atoms. The molecule has 0 bridgehead atoms. The lowest BCUT2D eigenvalue weighted by atomic mass is 10.3. The largest absolute Gasteiger partial charge is 0.383 e. The van der Waals surface area contributed by atoms with Gasteiger partial charge >= 0.3 is 0 Å². The number of hydrogen-bond acceptors (Lipinski definition) is 5. The van der Waals surface area contributed by atoms with E-state index in [1.54, 1.807) is 14.2 Å². The third kappa shape index (κ3) is 14.0. The van der Waals surface area contributed by atoms with E-state index in [-0.39, 0.29) is 0 Å². The zero-order valence-corrected chi connectivity index (χ0v) is 13.0. The van der Waals surface area contributed by atoms with Crippen molar-refractivity contribution < 1.29 is 14.2 Å². The Kier molecular flexibility index (Phi) is 15.7. The first-order valence-electron chi connectivity index (χ1n) is 7.33. The first-order chi connectivity index (χ1) is 9.35. The fourth-order valence-electron chi connectivity index (χ4n) is 1.74. The van der Waals surface area contributed by atoms with Crippen molar-refractivity contribution in [3.05, 3.63) is 0 Å². The molecule has 1 N–H and O–H groups in total. The highest BCUT2D eigenvalue weighted by atomic mass is 16.5. The third-order valence-corrected chi connectivity index (χ3v) is 2.92. The fraction of sp³-hybridized carbons (Fsp3) is 1.00. The Labute approximate surface area is 118 Å². The summed E-state index contributed by atoms with van der Waals surface area (Å²) in [6.07, 6.45) is 2.31.